The quantitative estimate of drug-likeness (QED) is 0.375. The van der Waals surface area contributed by atoms with Gasteiger partial charge in [-0.15, -0.1) is 0 Å². The van der Waals surface area contributed by atoms with Gasteiger partial charge in [-0.05, 0) is 75.6 Å². The maximum Gasteiger partial charge on any atom is 0.253 e. The van der Waals surface area contributed by atoms with Gasteiger partial charge in [-0.1, -0.05) is 62.8 Å². The normalized spacial score (nSPS) is 21.2. The highest BCUT2D eigenvalue weighted by Gasteiger charge is 2.34. The van der Waals surface area contributed by atoms with E-state index in [1.165, 1.54) is 12.8 Å². The number of hydrogen-bond donors (Lipinski definition) is 2. The molecule has 5 rings (SSSR count). The molecule has 2 aromatic rings. The zero-order valence-electron chi connectivity index (χ0n) is 26.4. The van der Waals surface area contributed by atoms with Gasteiger partial charge in [-0.3, -0.25) is 19.2 Å². The summed E-state index contributed by atoms with van der Waals surface area (Å²) in [4.78, 5) is 56.9. The molecule has 2 aromatic carbocycles. The summed E-state index contributed by atoms with van der Waals surface area (Å²) in [6, 6.07) is 15.0. The SMILES string of the molecule is CN(C(=O)C1CCC(C(=O)N(C)c2ccccc2C(=O)NC2CCCCC2)CC1)c1ccccc1C(=O)NC1CCCCC1. The standard InChI is InChI=1S/C36H48N4O4/c1-39(31-19-11-9-17-29(31)33(41)37-27-13-5-3-6-14-27)35(43)25-21-23-26(24-22-25)36(44)40(2)32-20-12-10-18-30(32)34(42)38-28-15-7-4-8-16-28/h9-12,17-20,25-28H,3-8,13-16,21-24H2,1-2H3,(H,37,41)(H,38,42). The van der Waals surface area contributed by atoms with Crippen LogP contribution in [0.5, 0.6) is 0 Å². The van der Waals surface area contributed by atoms with Crippen molar-refractivity contribution in [1.29, 1.82) is 0 Å². The van der Waals surface area contributed by atoms with E-state index < -0.39 is 0 Å². The Bertz CT molecular complexity index is 1220. The number of carbonyl (C=O) groups is 4. The molecular weight excluding hydrogens is 552 g/mol. The number of amides is 4. The lowest BCUT2D eigenvalue weighted by molar-refractivity contribution is -0.127. The first-order chi connectivity index (χ1) is 21.3. The minimum absolute atomic E-state index is 0.0214. The van der Waals surface area contributed by atoms with E-state index >= 15 is 0 Å². The molecule has 2 N–H and O–H groups in total. The summed E-state index contributed by atoms with van der Waals surface area (Å²) in [7, 11) is 3.49. The predicted molar refractivity (Wildman–Crippen MR) is 174 cm³/mol. The van der Waals surface area contributed by atoms with E-state index in [0.717, 1.165) is 51.4 Å². The highest BCUT2D eigenvalue weighted by Crippen LogP contribution is 2.34. The first kappa shape index (κ1) is 31.7. The highest BCUT2D eigenvalue weighted by atomic mass is 16.2. The monoisotopic (exact) mass is 600 g/mol. The highest BCUT2D eigenvalue weighted by molar-refractivity contribution is 6.06. The molecule has 4 amide bonds. The van der Waals surface area contributed by atoms with Gasteiger partial charge in [0, 0.05) is 38.0 Å². The first-order valence-electron chi connectivity index (χ1n) is 16.7. The van der Waals surface area contributed by atoms with Crippen LogP contribution >= 0.6 is 0 Å². The average molecular weight is 601 g/mol. The Hall–Kier alpha value is -3.68. The van der Waals surface area contributed by atoms with E-state index in [0.29, 0.717) is 48.2 Å². The van der Waals surface area contributed by atoms with Gasteiger partial charge in [0.1, 0.15) is 0 Å². The lowest BCUT2D eigenvalue weighted by Gasteiger charge is -2.33. The van der Waals surface area contributed by atoms with Crippen molar-refractivity contribution >= 4 is 35.0 Å². The predicted octanol–water partition coefficient (Wildman–Crippen LogP) is 6.24. The van der Waals surface area contributed by atoms with Crippen LogP contribution in [0.1, 0.15) is 111 Å². The number of nitrogens with one attached hydrogen (secondary N) is 2. The van der Waals surface area contributed by atoms with Crippen LogP contribution < -0.4 is 20.4 Å². The minimum atomic E-state index is -0.211. The molecule has 0 bridgehead atoms. The molecule has 0 aliphatic heterocycles. The molecule has 0 radical (unpaired) electrons. The van der Waals surface area contributed by atoms with Crippen LogP contribution in [-0.2, 0) is 9.59 Å². The largest absolute Gasteiger partial charge is 0.349 e. The minimum Gasteiger partial charge on any atom is -0.349 e. The maximum atomic E-state index is 13.6. The summed E-state index contributed by atoms with van der Waals surface area (Å²) in [5.74, 6) is -0.719. The number of carbonyl (C=O) groups excluding carboxylic acids is 4. The van der Waals surface area contributed by atoms with Gasteiger partial charge in [0.2, 0.25) is 11.8 Å². The van der Waals surface area contributed by atoms with E-state index in [1.54, 1.807) is 36.0 Å². The smallest absolute Gasteiger partial charge is 0.253 e. The van der Waals surface area contributed by atoms with Crippen molar-refractivity contribution in [2.24, 2.45) is 11.8 Å². The lowest BCUT2D eigenvalue weighted by Crippen LogP contribution is -2.41. The zero-order valence-corrected chi connectivity index (χ0v) is 26.4. The van der Waals surface area contributed by atoms with Gasteiger partial charge in [-0.25, -0.2) is 0 Å². The van der Waals surface area contributed by atoms with Crippen molar-refractivity contribution in [3.63, 3.8) is 0 Å². The number of benzene rings is 2. The molecule has 0 heterocycles. The van der Waals surface area contributed by atoms with Gasteiger partial charge in [0.15, 0.2) is 0 Å². The van der Waals surface area contributed by atoms with E-state index in [1.807, 2.05) is 36.4 Å². The zero-order chi connectivity index (χ0) is 31.1. The van der Waals surface area contributed by atoms with Crippen molar-refractivity contribution < 1.29 is 19.2 Å². The number of hydrogen-bond acceptors (Lipinski definition) is 4. The van der Waals surface area contributed by atoms with E-state index in [4.69, 9.17) is 0 Å². The number of rotatable bonds is 8. The Morgan fingerprint density at radius 3 is 1.23 bits per heavy atom. The van der Waals surface area contributed by atoms with Crippen LogP contribution in [-0.4, -0.2) is 49.8 Å². The lowest BCUT2D eigenvalue weighted by atomic mass is 9.80. The van der Waals surface area contributed by atoms with Gasteiger partial charge >= 0.3 is 0 Å². The third kappa shape index (κ3) is 7.51. The Balaban J connectivity index is 1.18. The molecule has 0 saturated heterocycles. The molecule has 0 spiro atoms. The fourth-order valence-corrected chi connectivity index (χ4v) is 7.31. The number of anilines is 2. The molecule has 3 aliphatic rings. The molecule has 8 nitrogen and oxygen atoms in total. The molecule has 44 heavy (non-hydrogen) atoms. The Kier molecular flexibility index (Phi) is 10.7. The van der Waals surface area contributed by atoms with Crippen LogP contribution in [0.3, 0.4) is 0 Å². The number of nitrogens with zero attached hydrogens (tertiary/aromatic N) is 2. The van der Waals surface area contributed by atoms with Gasteiger partial charge in [-0.2, -0.15) is 0 Å². The van der Waals surface area contributed by atoms with Crippen LogP contribution in [0.15, 0.2) is 48.5 Å². The molecule has 0 unspecified atom stereocenters. The Labute approximate surface area is 261 Å². The van der Waals surface area contributed by atoms with Gasteiger partial charge < -0.3 is 20.4 Å². The fourth-order valence-electron chi connectivity index (χ4n) is 7.31. The van der Waals surface area contributed by atoms with Crippen molar-refractivity contribution in [1.82, 2.24) is 10.6 Å². The molecule has 3 saturated carbocycles. The molecule has 0 atom stereocenters. The van der Waals surface area contributed by atoms with Crippen molar-refractivity contribution in [2.45, 2.75) is 102 Å². The molecule has 236 valence electrons. The molecule has 3 fully saturated rings. The maximum absolute atomic E-state index is 13.6. The van der Waals surface area contributed by atoms with Crippen molar-refractivity contribution in [2.75, 3.05) is 23.9 Å². The second-order valence-electron chi connectivity index (χ2n) is 13.0. The molecule has 3 aliphatic carbocycles. The fraction of sp³-hybridized carbons (Fsp3) is 0.556. The Morgan fingerprint density at radius 2 is 0.864 bits per heavy atom. The van der Waals surface area contributed by atoms with E-state index in [2.05, 4.69) is 10.6 Å². The summed E-state index contributed by atoms with van der Waals surface area (Å²) in [6.45, 7) is 0. The van der Waals surface area contributed by atoms with E-state index in [9.17, 15) is 19.2 Å². The summed E-state index contributed by atoms with van der Waals surface area (Å²) in [5.41, 5.74) is 2.27. The Morgan fingerprint density at radius 1 is 0.523 bits per heavy atom. The van der Waals surface area contributed by atoms with Crippen molar-refractivity contribution in [3.8, 4) is 0 Å². The van der Waals surface area contributed by atoms with Crippen LogP contribution in [0, 0.1) is 11.8 Å². The van der Waals surface area contributed by atoms with E-state index in [-0.39, 0.29) is 47.5 Å². The second-order valence-corrected chi connectivity index (χ2v) is 13.0. The van der Waals surface area contributed by atoms with Crippen molar-refractivity contribution in [3.05, 3.63) is 59.7 Å². The summed E-state index contributed by atoms with van der Waals surface area (Å²) < 4.78 is 0. The van der Waals surface area contributed by atoms with Crippen LogP contribution in [0.4, 0.5) is 11.4 Å². The summed E-state index contributed by atoms with van der Waals surface area (Å²) >= 11 is 0. The summed E-state index contributed by atoms with van der Waals surface area (Å²) in [6.07, 6.45) is 13.4. The first-order valence-corrected chi connectivity index (χ1v) is 16.7. The third-order valence-corrected chi connectivity index (χ3v) is 9.99. The van der Waals surface area contributed by atoms with Crippen LogP contribution in [0.2, 0.25) is 0 Å². The average Bonchev–Trinajstić information content (AvgIpc) is 3.08. The van der Waals surface area contributed by atoms with Crippen LogP contribution in [0.25, 0.3) is 0 Å². The molecule has 8 heteroatoms. The molecular formula is C36H48N4O4. The third-order valence-electron chi connectivity index (χ3n) is 9.99. The van der Waals surface area contributed by atoms with Gasteiger partial charge in [0.05, 0.1) is 22.5 Å². The number of para-hydroxylation sites is 2. The second kappa shape index (κ2) is 14.9. The summed E-state index contributed by atoms with van der Waals surface area (Å²) in [5, 5.41) is 6.36. The van der Waals surface area contributed by atoms with Gasteiger partial charge in [0.25, 0.3) is 11.8 Å². The molecule has 0 aromatic heterocycles. The topological polar surface area (TPSA) is 98.8 Å².